The third-order valence-electron chi connectivity index (χ3n) is 7.74. The summed E-state index contributed by atoms with van der Waals surface area (Å²) < 4.78 is 19.6. The topological polar surface area (TPSA) is 79.0 Å². The molecule has 3 aromatic rings. The largest absolute Gasteiger partial charge is 0.353 e. The van der Waals surface area contributed by atoms with Gasteiger partial charge in [0.05, 0.1) is 12.6 Å². The van der Waals surface area contributed by atoms with Gasteiger partial charge in [-0.05, 0) is 55.3 Å². The number of hydrogen-bond acceptors (Lipinski definition) is 4. The van der Waals surface area contributed by atoms with Gasteiger partial charge in [0.15, 0.2) is 0 Å². The van der Waals surface area contributed by atoms with Gasteiger partial charge in [-0.2, -0.15) is 0 Å². The van der Waals surface area contributed by atoms with E-state index in [1.54, 1.807) is 21.9 Å². The van der Waals surface area contributed by atoms with Crippen LogP contribution in [0.4, 0.5) is 4.39 Å². The molecule has 39 heavy (non-hydrogen) atoms. The van der Waals surface area contributed by atoms with Crippen molar-refractivity contribution in [2.24, 2.45) is 0 Å². The Hall–Kier alpha value is -4.04. The van der Waals surface area contributed by atoms with Crippen LogP contribution in [-0.2, 0) is 9.53 Å². The van der Waals surface area contributed by atoms with E-state index < -0.39 is 17.6 Å². The van der Waals surface area contributed by atoms with E-state index >= 15 is 0 Å². The Balaban J connectivity index is 1.39. The van der Waals surface area contributed by atoms with E-state index in [-0.39, 0.29) is 30.4 Å². The molecule has 0 aromatic heterocycles. The van der Waals surface area contributed by atoms with Gasteiger partial charge in [-0.15, -0.1) is 0 Å². The summed E-state index contributed by atoms with van der Waals surface area (Å²) in [7, 11) is 0. The third-order valence-corrected chi connectivity index (χ3v) is 7.74. The van der Waals surface area contributed by atoms with Crippen LogP contribution in [0.2, 0.25) is 0 Å². The van der Waals surface area contributed by atoms with Crippen molar-refractivity contribution in [2.75, 3.05) is 19.7 Å². The van der Waals surface area contributed by atoms with Gasteiger partial charge in [0.25, 0.3) is 11.8 Å². The molecule has 3 amide bonds. The fraction of sp³-hybridized carbons (Fsp3) is 0.323. The molecule has 2 aliphatic rings. The predicted octanol–water partition coefficient (Wildman–Crippen LogP) is 4.49. The van der Waals surface area contributed by atoms with E-state index in [9.17, 15) is 18.8 Å². The van der Waals surface area contributed by atoms with Crippen molar-refractivity contribution in [3.05, 3.63) is 107 Å². The zero-order valence-corrected chi connectivity index (χ0v) is 22.1. The van der Waals surface area contributed by atoms with Crippen LogP contribution in [-0.4, -0.2) is 59.0 Å². The van der Waals surface area contributed by atoms with Crippen LogP contribution in [0.1, 0.15) is 57.7 Å². The maximum Gasteiger partial charge on any atom is 0.257 e. The van der Waals surface area contributed by atoms with Crippen LogP contribution in [0.3, 0.4) is 0 Å². The van der Waals surface area contributed by atoms with E-state index in [0.29, 0.717) is 37.1 Å². The van der Waals surface area contributed by atoms with Crippen molar-refractivity contribution in [3.8, 4) is 0 Å². The molecule has 0 aliphatic carbocycles. The maximum absolute atomic E-state index is 14.0. The number of nitrogens with zero attached hydrogens (tertiary/aromatic N) is 2. The number of likely N-dealkylation sites (tertiary alicyclic amines) is 1. The van der Waals surface area contributed by atoms with Gasteiger partial charge in [0.2, 0.25) is 5.91 Å². The lowest BCUT2D eigenvalue weighted by atomic mass is 9.95. The summed E-state index contributed by atoms with van der Waals surface area (Å²) in [4.78, 5) is 43.9. The minimum Gasteiger partial charge on any atom is -0.353 e. The van der Waals surface area contributed by atoms with Gasteiger partial charge in [-0.25, -0.2) is 4.39 Å². The first-order valence-corrected chi connectivity index (χ1v) is 13.2. The molecule has 1 spiro atoms. The zero-order chi connectivity index (χ0) is 27.6. The Morgan fingerprint density at radius 1 is 0.923 bits per heavy atom. The molecule has 0 bridgehead atoms. The quantitative estimate of drug-likeness (QED) is 0.529. The van der Waals surface area contributed by atoms with Crippen molar-refractivity contribution < 1.29 is 23.5 Å². The van der Waals surface area contributed by atoms with Gasteiger partial charge in [0.1, 0.15) is 17.6 Å². The van der Waals surface area contributed by atoms with Crippen molar-refractivity contribution in [2.45, 2.75) is 44.5 Å². The summed E-state index contributed by atoms with van der Waals surface area (Å²) in [6.07, 6.45) is 0.713. The highest BCUT2D eigenvalue weighted by molar-refractivity contribution is 5.99. The predicted molar refractivity (Wildman–Crippen MR) is 144 cm³/mol. The first-order chi connectivity index (χ1) is 18.8. The molecule has 0 saturated carbocycles. The number of ether oxygens (including phenoxy) is 1. The number of hydrogen-bond donors (Lipinski definition) is 1. The van der Waals surface area contributed by atoms with Crippen molar-refractivity contribution in [1.29, 1.82) is 0 Å². The average Bonchev–Trinajstić information content (AvgIpc) is 3.32. The van der Waals surface area contributed by atoms with Crippen LogP contribution in [0.5, 0.6) is 0 Å². The highest BCUT2D eigenvalue weighted by Gasteiger charge is 2.54. The summed E-state index contributed by atoms with van der Waals surface area (Å²) in [5.74, 6) is -1.16. The van der Waals surface area contributed by atoms with Gasteiger partial charge < -0.3 is 15.0 Å². The summed E-state index contributed by atoms with van der Waals surface area (Å²) in [5.41, 5.74) is 1.67. The Labute approximate surface area is 227 Å². The molecule has 1 N–H and O–H groups in total. The van der Waals surface area contributed by atoms with E-state index in [1.165, 1.54) is 24.3 Å². The fourth-order valence-corrected chi connectivity index (χ4v) is 5.48. The normalized spacial score (nSPS) is 19.1. The number of carbonyl (C=O) groups is 3. The van der Waals surface area contributed by atoms with Crippen LogP contribution in [0.25, 0.3) is 0 Å². The number of amides is 3. The smallest absolute Gasteiger partial charge is 0.257 e. The number of halogens is 1. The molecule has 3 aromatic carbocycles. The summed E-state index contributed by atoms with van der Waals surface area (Å²) in [5, 5.41) is 3.06. The van der Waals surface area contributed by atoms with Crippen LogP contribution < -0.4 is 5.32 Å². The molecular weight excluding hydrogens is 497 g/mol. The minimum atomic E-state index is -1.02. The lowest BCUT2D eigenvalue weighted by Gasteiger charge is -2.44. The highest BCUT2D eigenvalue weighted by Crippen LogP contribution is 2.39. The molecule has 2 fully saturated rings. The van der Waals surface area contributed by atoms with Crippen LogP contribution in [0, 0.1) is 12.7 Å². The average molecular weight is 530 g/mol. The monoisotopic (exact) mass is 529 g/mol. The minimum absolute atomic E-state index is 0.0663. The standard InChI is InChI=1S/C31H32FN3O4/c1-21-8-6-7-11-26(21)30(38)35-27(28(36)33-22(2)23-9-4-3-5-10-23)20-39-31(35)16-18-34(19-17-31)29(37)24-12-14-25(32)15-13-24/h3-15,22,27H,16-20H2,1-2H3,(H,33,36)/t22-,27-/m0/s1. The zero-order valence-electron chi connectivity index (χ0n) is 22.1. The number of benzene rings is 3. The van der Waals surface area contributed by atoms with E-state index in [2.05, 4.69) is 5.32 Å². The van der Waals surface area contributed by atoms with E-state index in [4.69, 9.17) is 4.74 Å². The molecule has 0 radical (unpaired) electrons. The highest BCUT2D eigenvalue weighted by atomic mass is 19.1. The lowest BCUT2D eigenvalue weighted by Crippen LogP contribution is -2.60. The second kappa shape index (κ2) is 11.0. The van der Waals surface area contributed by atoms with Gasteiger partial charge >= 0.3 is 0 Å². The molecule has 2 aliphatic heterocycles. The van der Waals surface area contributed by atoms with Crippen molar-refractivity contribution in [1.82, 2.24) is 15.1 Å². The second-order valence-corrected chi connectivity index (χ2v) is 10.2. The molecule has 5 rings (SSSR count). The summed E-state index contributed by atoms with van der Waals surface area (Å²) >= 11 is 0. The fourth-order valence-electron chi connectivity index (χ4n) is 5.48. The van der Waals surface area contributed by atoms with E-state index in [0.717, 1.165) is 11.1 Å². The Kier molecular flexibility index (Phi) is 7.48. The lowest BCUT2D eigenvalue weighted by molar-refractivity contribution is -0.128. The number of rotatable bonds is 5. The molecule has 8 heteroatoms. The van der Waals surface area contributed by atoms with Crippen molar-refractivity contribution >= 4 is 17.7 Å². The first kappa shape index (κ1) is 26.6. The Morgan fingerprint density at radius 3 is 2.23 bits per heavy atom. The van der Waals surface area contributed by atoms with Gasteiger partial charge in [0, 0.05) is 37.1 Å². The summed E-state index contributed by atoms with van der Waals surface area (Å²) in [6, 6.07) is 21.4. The number of nitrogens with one attached hydrogen (secondary N) is 1. The third kappa shape index (κ3) is 5.29. The van der Waals surface area contributed by atoms with Crippen molar-refractivity contribution in [3.63, 3.8) is 0 Å². The molecule has 2 saturated heterocycles. The molecule has 202 valence electrons. The van der Waals surface area contributed by atoms with Gasteiger partial charge in [-0.1, -0.05) is 48.5 Å². The molecular formula is C31H32FN3O4. The molecule has 2 heterocycles. The first-order valence-electron chi connectivity index (χ1n) is 13.2. The van der Waals surface area contributed by atoms with Gasteiger partial charge in [-0.3, -0.25) is 19.3 Å². The SMILES string of the molecule is Cc1ccccc1C(=O)N1[C@H](C(=O)N[C@@H](C)c2ccccc2)COC12CCN(C(=O)c1ccc(F)cc1)CC2. The second-order valence-electron chi connectivity index (χ2n) is 10.2. The number of piperidine rings is 1. The van der Waals surface area contributed by atoms with Crippen LogP contribution in [0.15, 0.2) is 78.9 Å². The Morgan fingerprint density at radius 2 is 1.56 bits per heavy atom. The Bertz CT molecular complexity index is 1350. The van der Waals surface area contributed by atoms with Crippen LogP contribution >= 0.6 is 0 Å². The number of aryl methyl sites for hydroxylation is 1. The molecule has 7 nitrogen and oxygen atoms in total. The molecule has 0 unspecified atom stereocenters. The summed E-state index contributed by atoms with van der Waals surface area (Å²) in [6.45, 7) is 4.52. The number of carbonyl (C=O) groups excluding carboxylic acids is 3. The molecule has 2 atom stereocenters. The van der Waals surface area contributed by atoms with E-state index in [1.807, 2.05) is 56.3 Å². The maximum atomic E-state index is 14.0.